The second kappa shape index (κ2) is 10.4. The Labute approximate surface area is 232 Å². The molecule has 40 heavy (non-hydrogen) atoms. The van der Waals surface area contributed by atoms with Gasteiger partial charge in [-0.15, -0.1) is 0 Å². The molecular formula is C33H30N4O3. The summed E-state index contributed by atoms with van der Waals surface area (Å²) in [5.74, 6) is 0.455. The minimum Gasteiger partial charge on any atom is -0.356 e. The molecule has 0 spiro atoms. The van der Waals surface area contributed by atoms with Crippen LogP contribution in [0.2, 0.25) is 0 Å². The van der Waals surface area contributed by atoms with Gasteiger partial charge in [-0.3, -0.25) is 4.79 Å². The second-order valence-corrected chi connectivity index (χ2v) is 11.1. The summed E-state index contributed by atoms with van der Waals surface area (Å²) < 4.78 is 7.14. The first-order chi connectivity index (χ1) is 19.4. The first-order valence-corrected chi connectivity index (χ1v) is 13.5. The van der Waals surface area contributed by atoms with Gasteiger partial charge in [0.15, 0.2) is 11.5 Å². The number of rotatable bonds is 6. The van der Waals surface area contributed by atoms with Crippen LogP contribution in [0.25, 0.3) is 11.3 Å². The molecule has 1 unspecified atom stereocenters. The second-order valence-electron chi connectivity index (χ2n) is 11.1. The van der Waals surface area contributed by atoms with E-state index in [-0.39, 0.29) is 23.1 Å². The van der Waals surface area contributed by atoms with Crippen LogP contribution in [0.5, 0.6) is 0 Å². The minimum absolute atomic E-state index is 0.0111. The van der Waals surface area contributed by atoms with E-state index < -0.39 is 0 Å². The monoisotopic (exact) mass is 530 g/mol. The molecule has 6 rings (SSSR count). The van der Waals surface area contributed by atoms with E-state index in [1.54, 1.807) is 0 Å². The number of fused-ring (bicyclic) bond motifs is 1. The highest BCUT2D eigenvalue weighted by atomic mass is 16.5. The fourth-order valence-corrected chi connectivity index (χ4v) is 5.50. The number of hydrogen-bond acceptors (Lipinski definition) is 5. The molecule has 1 atom stereocenters. The Balaban J connectivity index is 1.41. The van der Waals surface area contributed by atoms with Gasteiger partial charge in [-0.25, -0.2) is 4.79 Å². The molecular weight excluding hydrogens is 500 g/mol. The van der Waals surface area contributed by atoms with E-state index in [1.165, 1.54) is 4.68 Å². The van der Waals surface area contributed by atoms with Crippen LogP contribution in [0.3, 0.4) is 0 Å². The van der Waals surface area contributed by atoms with E-state index in [1.807, 2.05) is 111 Å². The van der Waals surface area contributed by atoms with Crippen molar-refractivity contribution in [3.63, 3.8) is 0 Å². The number of Topliss-reactive ketones (excluding diaryl/α,β-unsaturated/α-hetero) is 1. The van der Waals surface area contributed by atoms with Gasteiger partial charge in [0.05, 0.1) is 22.6 Å². The van der Waals surface area contributed by atoms with Crippen molar-refractivity contribution in [1.82, 2.24) is 14.9 Å². The molecule has 3 aromatic carbocycles. The Morgan fingerprint density at radius 1 is 0.950 bits per heavy atom. The third kappa shape index (κ3) is 5.10. The molecule has 2 aromatic heterocycles. The van der Waals surface area contributed by atoms with Crippen LogP contribution >= 0.6 is 0 Å². The lowest BCUT2D eigenvalue weighted by Gasteiger charge is -2.29. The molecule has 7 nitrogen and oxygen atoms in total. The van der Waals surface area contributed by atoms with Crippen molar-refractivity contribution in [2.24, 2.45) is 5.41 Å². The summed E-state index contributed by atoms with van der Waals surface area (Å²) in [5, 5.41) is 12.2. The van der Waals surface area contributed by atoms with Crippen molar-refractivity contribution in [2.45, 2.75) is 39.0 Å². The number of carbonyl (C=O) groups excluding carboxylic acids is 2. The van der Waals surface area contributed by atoms with Crippen molar-refractivity contribution >= 4 is 17.5 Å². The van der Waals surface area contributed by atoms with Crippen LogP contribution in [0, 0.1) is 5.41 Å². The number of carbonyl (C=O) groups is 2. The van der Waals surface area contributed by atoms with Gasteiger partial charge in [-0.1, -0.05) is 97.9 Å². The van der Waals surface area contributed by atoms with E-state index >= 15 is 0 Å². The minimum atomic E-state index is -0.386. The molecule has 5 aromatic rings. The maximum absolute atomic E-state index is 13.5. The van der Waals surface area contributed by atoms with Gasteiger partial charge in [-0.05, 0) is 29.5 Å². The van der Waals surface area contributed by atoms with E-state index in [0.717, 1.165) is 16.8 Å². The summed E-state index contributed by atoms with van der Waals surface area (Å²) in [6.45, 7) is 4.10. The van der Waals surface area contributed by atoms with Crippen LogP contribution in [0.15, 0.2) is 102 Å². The van der Waals surface area contributed by atoms with E-state index in [0.29, 0.717) is 47.7 Å². The zero-order valence-corrected chi connectivity index (χ0v) is 22.5. The van der Waals surface area contributed by atoms with Gasteiger partial charge in [0.25, 0.3) is 0 Å². The fourth-order valence-electron chi connectivity index (χ4n) is 5.50. The number of nitrogens with zero attached hydrogens (tertiary/aromatic N) is 3. The van der Waals surface area contributed by atoms with E-state index in [9.17, 15) is 9.59 Å². The number of anilines is 1. The lowest BCUT2D eigenvalue weighted by atomic mass is 9.75. The number of nitrogens with one attached hydrogen (secondary N) is 1. The largest absolute Gasteiger partial charge is 0.356 e. The summed E-state index contributed by atoms with van der Waals surface area (Å²) in [6.07, 6.45) is 1.36. The Morgan fingerprint density at radius 3 is 2.30 bits per heavy atom. The number of ketones is 1. The summed E-state index contributed by atoms with van der Waals surface area (Å²) >= 11 is 0. The van der Waals surface area contributed by atoms with Crippen LogP contribution in [-0.4, -0.2) is 26.8 Å². The fraction of sp³-hybridized carbons (Fsp3) is 0.212. The maximum Gasteiger partial charge on any atom is 0.346 e. The molecule has 200 valence electrons. The molecule has 2 heterocycles. The summed E-state index contributed by atoms with van der Waals surface area (Å²) in [4.78, 5) is 27.0. The molecule has 0 saturated heterocycles. The highest BCUT2D eigenvalue weighted by molar-refractivity contribution is 6.01. The lowest BCUT2D eigenvalue weighted by molar-refractivity contribution is 0.0910. The van der Waals surface area contributed by atoms with Crippen LogP contribution in [-0.2, 0) is 12.8 Å². The first-order valence-electron chi connectivity index (χ1n) is 13.5. The number of benzene rings is 3. The Morgan fingerprint density at radius 2 is 1.60 bits per heavy atom. The van der Waals surface area contributed by atoms with Crippen molar-refractivity contribution < 1.29 is 14.1 Å². The third-order valence-electron chi connectivity index (χ3n) is 7.38. The van der Waals surface area contributed by atoms with Gasteiger partial charge < -0.3 is 9.84 Å². The predicted octanol–water partition coefficient (Wildman–Crippen LogP) is 7.15. The number of aromatic nitrogens is 3. The lowest BCUT2D eigenvalue weighted by Crippen LogP contribution is -2.31. The molecule has 0 fully saturated rings. The van der Waals surface area contributed by atoms with Gasteiger partial charge in [0.2, 0.25) is 0 Å². The third-order valence-corrected chi connectivity index (χ3v) is 7.38. The topological polar surface area (TPSA) is 90.0 Å². The zero-order chi connectivity index (χ0) is 27.7. The normalized spacial score (nSPS) is 14.9. The van der Waals surface area contributed by atoms with Gasteiger partial charge in [0, 0.05) is 36.1 Å². The molecule has 0 bridgehead atoms. The average Bonchev–Trinajstić information content (AvgIpc) is 3.58. The van der Waals surface area contributed by atoms with E-state index in [4.69, 9.17) is 9.62 Å². The Kier molecular flexibility index (Phi) is 6.64. The molecule has 1 amide bonds. The molecule has 1 N–H and O–H groups in total. The van der Waals surface area contributed by atoms with E-state index in [2.05, 4.69) is 10.5 Å². The number of para-hydroxylation sites is 1. The van der Waals surface area contributed by atoms with Gasteiger partial charge >= 0.3 is 6.03 Å². The SMILES string of the molecule is CC1(C)CC(=O)c2c(CC(c3ccccc3)c3cc(-c4ccccc4)on3)nn(C(=O)Nc3ccccc3)c2C1. The van der Waals surface area contributed by atoms with Crippen molar-refractivity contribution in [3.05, 3.63) is 125 Å². The maximum atomic E-state index is 13.5. The van der Waals surface area contributed by atoms with Crippen molar-refractivity contribution in [2.75, 3.05) is 5.32 Å². The van der Waals surface area contributed by atoms with Gasteiger partial charge in [-0.2, -0.15) is 9.78 Å². The predicted molar refractivity (Wildman–Crippen MR) is 153 cm³/mol. The first kappa shape index (κ1) is 25.5. The quantitative estimate of drug-likeness (QED) is 0.252. The van der Waals surface area contributed by atoms with Crippen molar-refractivity contribution in [3.8, 4) is 11.3 Å². The highest BCUT2D eigenvalue weighted by Gasteiger charge is 2.38. The number of hydrogen-bond donors (Lipinski definition) is 1. The van der Waals surface area contributed by atoms with Crippen molar-refractivity contribution in [1.29, 1.82) is 0 Å². The molecule has 0 aliphatic heterocycles. The summed E-state index contributed by atoms with van der Waals surface area (Å²) in [5.41, 5.74) is 4.89. The summed E-state index contributed by atoms with van der Waals surface area (Å²) in [7, 11) is 0. The molecule has 1 aliphatic rings. The standard InChI is InChI=1S/C33H30N4O3/c1-33(2)20-28-31(29(38)21-33)27(35-37(28)32(39)34-24-16-10-5-11-17-24)18-25(22-12-6-3-7-13-22)26-19-30(40-36-26)23-14-8-4-9-15-23/h3-17,19,25H,18,20-21H2,1-2H3,(H,34,39). The van der Waals surface area contributed by atoms with Gasteiger partial charge in [0.1, 0.15) is 0 Å². The zero-order valence-electron chi connectivity index (χ0n) is 22.5. The molecule has 0 saturated carbocycles. The summed E-state index contributed by atoms with van der Waals surface area (Å²) in [6, 6.07) is 30.7. The Bertz CT molecular complexity index is 1650. The smallest absolute Gasteiger partial charge is 0.346 e. The average molecular weight is 531 g/mol. The molecule has 7 heteroatoms. The van der Waals surface area contributed by atoms with Crippen LogP contribution in [0.1, 0.15) is 59.2 Å². The van der Waals surface area contributed by atoms with Crippen LogP contribution < -0.4 is 5.32 Å². The molecule has 1 aliphatic carbocycles. The van der Waals surface area contributed by atoms with Crippen LogP contribution in [0.4, 0.5) is 10.5 Å². The highest BCUT2D eigenvalue weighted by Crippen LogP contribution is 2.39. The number of amides is 1. The Hall–Kier alpha value is -4.78. The molecule has 0 radical (unpaired) electrons.